The largest absolute Gasteiger partial charge is 0.480 e. The van der Waals surface area contributed by atoms with Gasteiger partial charge in [0.05, 0.1) is 0 Å². The summed E-state index contributed by atoms with van der Waals surface area (Å²) in [5.41, 5.74) is 4.51. The fraction of sp³-hybridized carbons (Fsp3) is 0.423. The van der Waals surface area contributed by atoms with E-state index in [1.54, 1.807) is 0 Å². The van der Waals surface area contributed by atoms with Crippen molar-refractivity contribution in [1.82, 2.24) is 10.2 Å². The molecule has 34 heavy (non-hydrogen) atoms. The van der Waals surface area contributed by atoms with Crippen molar-refractivity contribution < 1.29 is 24.2 Å². The molecule has 7 nitrogen and oxygen atoms in total. The van der Waals surface area contributed by atoms with Gasteiger partial charge >= 0.3 is 12.1 Å². The number of alkyl carbamates (subject to hydrolysis) is 1. The van der Waals surface area contributed by atoms with Crippen LogP contribution in [0.4, 0.5) is 4.79 Å². The van der Waals surface area contributed by atoms with Gasteiger partial charge in [0.25, 0.3) is 0 Å². The number of fused-ring (bicyclic) bond motifs is 3. The second-order valence-electron chi connectivity index (χ2n) is 9.11. The van der Waals surface area contributed by atoms with Crippen molar-refractivity contribution in [3.05, 3.63) is 59.7 Å². The highest BCUT2D eigenvalue weighted by Gasteiger charge is 2.37. The fourth-order valence-electron chi connectivity index (χ4n) is 4.75. The SMILES string of the molecule is CC(C)C[C@H](NC(=O)OCC1c2ccccc2-c2ccccc21)C(=O)N1CCSCC1C(=O)O. The first-order chi connectivity index (χ1) is 16.4. The maximum Gasteiger partial charge on any atom is 0.407 e. The molecular weight excluding hydrogens is 452 g/mol. The van der Waals surface area contributed by atoms with Crippen molar-refractivity contribution in [2.24, 2.45) is 5.92 Å². The number of carboxylic acids is 1. The lowest BCUT2D eigenvalue weighted by molar-refractivity contribution is -0.150. The Kier molecular flexibility index (Phi) is 7.46. The maximum atomic E-state index is 13.3. The highest BCUT2D eigenvalue weighted by molar-refractivity contribution is 7.99. The molecule has 0 spiro atoms. The molecule has 2 N–H and O–H groups in total. The van der Waals surface area contributed by atoms with Crippen molar-refractivity contribution in [1.29, 1.82) is 0 Å². The predicted octanol–water partition coefficient (Wildman–Crippen LogP) is 3.97. The van der Waals surface area contributed by atoms with Gasteiger partial charge in [0, 0.05) is 24.0 Å². The summed E-state index contributed by atoms with van der Waals surface area (Å²) in [7, 11) is 0. The van der Waals surface area contributed by atoms with Crippen LogP contribution in [0.25, 0.3) is 11.1 Å². The number of benzene rings is 2. The first-order valence-corrected chi connectivity index (χ1v) is 12.7. The Morgan fingerprint density at radius 1 is 1.09 bits per heavy atom. The van der Waals surface area contributed by atoms with E-state index < -0.39 is 24.1 Å². The van der Waals surface area contributed by atoms with Crippen LogP contribution in [-0.4, -0.2) is 64.7 Å². The standard InChI is InChI=1S/C26H30N2O5S/c1-16(2)13-22(24(29)28-11-12-34-15-23(28)25(30)31)27-26(32)33-14-21-19-9-5-3-7-17(19)18-8-4-6-10-20(18)21/h3-10,16,21-23H,11-15H2,1-2H3,(H,27,32)(H,30,31)/t22-,23?/m0/s1. The van der Waals surface area contributed by atoms with E-state index in [1.807, 2.05) is 50.2 Å². The van der Waals surface area contributed by atoms with Gasteiger partial charge in [-0.3, -0.25) is 4.79 Å². The van der Waals surface area contributed by atoms with Gasteiger partial charge in [0.2, 0.25) is 5.91 Å². The first kappa shape index (κ1) is 24.1. The number of amides is 2. The quantitative estimate of drug-likeness (QED) is 0.620. The van der Waals surface area contributed by atoms with Crippen molar-refractivity contribution in [3.8, 4) is 11.1 Å². The molecule has 8 heteroatoms. The molecule has 2 aromatic rings. The number of carbonyl (C=O) groups is 3. The normalized spacial score (nSPS) is 18.2. The van der Waals surface area contributed by atoms with E-state index in [0.717, 1.165) is 22.3 Å². The van der Waals surface area contributed by atoms with Gasteiger partial charge in [0.1, 0.15) is 18.7 Å². The van der Waals surface area contributed by atoms with Gasteiger partial charge in [-0.15, -0.1) is 0 Å². The van der Waals surface area contributed by atoms with Crippen LogP contribution in [0.1, 0.15) is 37.3 Å². The molecule has 1 heterocycles. The van der Waals surface area contributed by atoms with Gasteiger partial charge in [0.15, 0.2) is 0 Å². The number of nitrogens with zero attached hydrogens (tertiary/aromatic N) is 1. The molecule has 2 aromatic carbocycles. The Labute approximate surface area is 203 Å². The maximum absolute atomic E-state index is 13.3. The molecule has 0 bridgehead atoms. The van der Waals surface area contributed by atoms with E-state index in [0.29, 0.717) is 24.5 Å². The van der Waals surface area contributed by atoms with E-state index in [9.17, 15) is 19.5 Å². The third-order valence-electron chi connectivity index (χ3n) is 6.34. The minimum atomic E-state index is -1.02. The summed E-state index contributed by atoms with van der Waals surface area (Å²) in [6, 6.07) is 14.5. The number of hydrogen-bond donors (Lipinski definition) is 2. The third kappa shape index (κ3) is 5.06. The molecule has 180 valence electrons. The summed E-state index contributed by atoms with van der Waals surface area (Å²) in [4.78, 5) is 39.1. The number of ether oxygens (including phenoxy) is 1. The zero-order valence-corrected chi connectivity index (χ0v) is 20.2. The molecule has 2 atom stereocenters. The molecule has 0 radical (unpaired) electrons. The van der Waals surface area contributed by atoms with Gasteiger partial charge in [-0.2, -0.15) is 11.8 Å². The second-order valence-corrected chi connectivity index (χ2v) is 10.3. The Morgan fingerprint density at radius 3 is 2.29 bits per heavy atom. The number of nitrogens with one attached hydrogen (secondary N) is 1. The van der Waals surface area contributed by atoms with Gasteiger partial charge in [-0.05, 0) is 34.6 Å². The minimum Gasteiger partial charge on any atom is -0.480 e. The zero-order chi connectivity index (χ0) is 24.2. The molecule has 0 saturated carbocycles. The number of rotatable bonds is 7. The van der Waals surface area contributed by atoms with Crippen LogP contribution in [-0.2, 0) is 14.3 Å². The van der Waals surface area contributed by atoms with Crippen LogP contribution < -0.4 is 5.32 Å². The summed E-state index contributed by atoms with van der Waals surface area (Å²) in [5.74, 6) is -0.312. The lowest BCUT2D eigenvalue weighted by atomic mass is 9.98. The second kappa shape index (κ2) is 10.5. The van der Waals surface area contributed by atoms with Gasteiger partial charge in [-0.25, -0.2) is 9.59 Å². The van der Waals surface area contributed by atoms with E-state index in [2.05, 4.69) is 17.4 Å². The molecule has 2 amide bonds. The van der Waals surface area contributed by atoms with Crippen molar-refractivity contribution in [2.45, 2.75) is 38.3 Å². The van der Waals surface area contributed by atoms with Crippen molar-refractivity contribution in [2.75, 3.05) is 24.7 Å². The van der Waals surface area contributed by atoms with Gasteiger partial charge < -0.3 is 20.1 Å². The van der Waals surface area contributed by atoms with Crippen molar-refractivity contribution in [3.63, 3.8) is 0 Å². The van der Waals surface area contributed by atoms with E-state index in [-0.39, 0.29) is 24.3 Å². The Morgan fingerprint density at radius 2 is 1.71 bits per heavy atom. The van der Waals surface area contributed by atoms with Crippen LogP contribution >= 0.6 is 11.8 Å². The van der Waals surface area contributed by atoms with Crippen LogP contribution in [0.2, 0.25) is 0 Å². The summed E-state index contributed by atoms with van der Waals surface area (Å²) in [5, 5.41) is 12.3. The Bertz CT molecular complexity index is 1030. The molecule has 1 unspecified atom stereocenters. The van der Waals surface area contributed by atoms with Gasteiger partial charge in [-0.1, -0.05) is 62.4 Å². The van der Waals surface area contributed by atoms with Crippen LogP contribution in [0.3, 0.4) is 0 Å². The predicted molar refractivity (Wildman–Crippen MR) is 132 cm³/mol. The molecular formula is C26H30N2O5S. The van der Waals surface area contributed by atoms with Crippen LogP contribution in [0, 0.1) is 5.92 Å². The highest BCUT2D eigenvalue weighted by atomic mass is 32.2. The Balaban J connectivity index is 1.45. The summed E-state index contributed by atoms with van der Waals surface area (Å²) in [6.07, 6.45) is -0.266. The van der Waals surface area contributed by atoms with Crippen LogP contribution in [0.5, 0.6) is 0 Å². The molecule has 0 aromatic heterocycles. The van der Waals surface area contributed by atoms with Crippen molar-refractivity contribution >= 4 is 29.7 Å². The monoisotopic (exact) mass is 482 g/mol. The van der Waals surface area contributed by atoms with Crippen LogP contribution in [0.15, 0.2) is 48.5 Å². The molecule has 1 aliphatic heterocycles. The smallest absolute Gasteiger partial charge is 0.407 e. The number of hydrogen-bond acceptors (Lipinski definition) is 5. The molecule has 4 rings (SSSR count). The molecule has 1 saturated heterocycles. The molecule has 1 fully saturated rings. The van der Waals surface area contributed by atoms with E-state index in [4.69, 9.17) is 4.74 Å². The number of carboxylic acid groups (broad SMARTS) is 1. The summed E-state index contributed by atoms with van der Waals surface area (Å²) < 4.78 is 5.62. The zero-order valence-electron chi connectivity index (χ0n) is 19.4. The highest BCUT2D eigenvalue weighted by Crippen LogP contribution is 2.44. The number of thioether (sulfide) groups is 1. The minimum absolute atomic E-state index is 0.0760. The summed E-state index contributed by atoms with van der Waals surface area (Å²) in [6.45, 7) is 4.42. The Hall–Kier alpha value is -3.00. The lowest BCUT2D eigenvalue weighted by Crippen LogP contribution is -2.57. The first-order valence-electron chi connectivity index (χ1n) is 11.6. The molecule has 2 aliphatic rings. The average molecular weight is 483 g/mol. The van der Waals surface area contributed by atoms with E-state index in [1.165, 1.54) is 16.7 Å². The topological polar surface area (TPSA) is 95.9 Å². The summed E-state index contributed by atoms with van der Waals surface area (Å²) >= 11 is 1.52. The lowest BCUT2D eigenvalue weighted by Gasteiger charge is -2.35. The number of carbonyl (C=O) groups excluding carboxylic acids is 2. The third-order valence-corrected chi connectivity index (χ3v) is 7.36. The number of aliphatic carboxylic acids is 1. The molecule has 1 aliphatic carbocycles. The average Bonchev–Trinajstić information content (AvgIpc) is 3.15. The fourth-order valence-corrected chi connectivity index (χ4v) is 5.79. The van der Waals surface area contributed by atoms with E-state index >= 15 is 0 Å².